The highest BCUT2D eigenvalue weighted by atomic mass is 32.2. The summed E-state index contributed by atoms with van der Waals surface area (Å²) in [5, 5.41) is 2.90. The standard InChI is InChI=1S/C32H41N3O6S/c1-6-20-33-32(37)28(7-2)34(21-19-25-11-9-8-10-12-25)31(36)23-35(26-15-13-24(3)14-16-26)42(38,39)27-17-18-29(40-4)30(22-27)41-5/h8-18,22,28H,6-7,19-21,23H2,1-5H3,(H,33,37). The average molecular weight is 596 g/mol. The molecule has 0 aliphatic rings. The number of rotatable bonds is 15. The molecule has 2 amide bonds. The van der Waals surface area contributed by atoms with Crippen LogP contribution in [0.1, 0.15) is 37.8 Å². The van der Waals surface area contributed by atoms with Crippen LogP contribution < -0.4 is 19.1 Å². The number of hydrogen-bond acceptors (Lipinski definition) is 6. The number of benzene rings is 3. The lowest BCUT2D eigenvalue weighted by Crippen LogP contribution is -2.53. The van der Waals surface area contributed by atoms with Crippen LogP contribution in [0.3, 0.4) is 0 Å². The van der Waals surface area contributed by atoms with Crippen molar-refractivity contribution in [1.82, 2.24) is 10.2 Å². The summed E-state index contributed by atoms with van der Waals surface area (Å²) >= 11 is 0. The second kappa shape index (κ2) is 15.3. The Labute approximate surface area is 249 Å². The van der Waals surface area contributed by atoms with Crippen molar-refractivity contribution < 1.29 is 27.5 Å². The van der Waals surface area contributed by atoms with Gasteiger partial charge in [-0.15, -0.1) is 0 Å². The molecule has 0 fully saturated rings. The number of hydrogen-bond donors (Lipinski definition) is 1. The number of ether oxygens (including phenoxy) is 2. The van der Waals surface area contributed by atoms with Gasteiger partial charge >= 0.3 is 0 Å². The summed E-state index contributed by atoms with van der Waals surface area (Å²) in [4.78, 5) is 28.7. The number of nitrogens with one attached hydrogen (secondary N) is 1. The van der Waals surface area contributed by atoms with Gasteiger partial charge in [0.25, 0.3) is 10.0 Å². The van der Waals surface area contributed by atoms with E-state index < -0.39 is 28.5 Å². The fraction of sp³-hybridized carbons (Fsp3) is 0.375. The monoisotopic (exact) mass is 595 g/mol. The van der Waals surface area contributed by atoms with Crippen LogP contribution >= 0.6 is 0 Å². The minimum absolute atomic E-state index is 0.0582. The highest BCUT2D eigenvalue weighted by Crippen LogP contribution is 2.32. The van der Waals surface area contributed by atoms with Crippen molar-refractivity contribution in [2.24, 2.45) is 0 Å². The fourth-order valence-electron chi connectivity index (χ4n) is 4.61. The third-order valence-electron chi connectivity index (χ3n) is 6.96. The Bertz CT molecular complexity index is 1430. The molecule has 3 aromatic rings. The van der Waals surface area contributed by atoms with Crippen LogP contribution in [0.5, 0.6) is 11.5 Å². The van der Waals surface area contributed by atoms with Gasteiger partial charge in [0, 0.05) is 19.2 Å². The maximum absolute atomic E-state index is 14.1. The molecule has 1 atom stereocenters. The molecule has 10 heteroatoms. The van der Waals surface area contributed by atoms with E-state index in [9.17, 15) is 18.0 Å². The van der Waals surface area contributed by atoms with Crippen LogP contribution in [0, 0.1) is 6.92 Å². The van der Waals surface area contributed by atoms with Gasteiger partial charge in [0.2, 0.25) is 11.8 Å². The van der Waals surface area contributed by atoms with E-state index in [-0.39, 0.29) is 23.1 Å². The zero-order valence-corrected chi connectivity index (χ0v) is 25.8. The summed E-state index contributed by atoms with van der Waals surface area (Å²) < 4.78 is 39.9. The van der Waals surface area contributed by atoms with Gasteiger partial charge in [-0.3, -0.25) is 13.9 Å². The first kappa shape index (κ1) is 32.5. The largest absolute Gasteiger partial charge is 0.493 e. The van der Waals surface area contributed by atoms with Gasteiger partial charge in [0.1, 0.15) is 12.6 Å². The first-order valence-electron chi connectivity index (χ1n) is 14.1. The number of aryl methyl sites for hydroxylation is 1. The molecule has 0 saturated carbocycles. The first-order valence-corrected chi connectivity index (χ1v) is 15.5. The Balaban J connectivity index is 2.04. The number of methoxy groups -OCH3 is 2. The van der Waals surface area contributed by atoms with Gasteiger partial charge in [-0.25, -0.2) is 8.42 Å². The summed E-state index contributed by atoms with van der Waals surface area (Å²) in [5.41, 5.74) is 2.28. The first-order chi connectivity index (χ1) is 20.2. The second-order valence-electron chi connectivity index (χ2n) is 9.90. The highest BCUT2D eigenvalue weighted by molar-refractivity contribution is 7.92. The minimum atomic E-state index is -4.24. The highest BCUT2D eigenvalue weighted by Gasteiger charge is 2.33. The molecule has 3 rings (SSSR count). The van der Waals surface area contributed by atoms with Crippen molar-refractivity contribution >= 4 is 27.5 Å². The quantitative estimate of drug-likeness (QED) is 0.276. The molecule has 0 heterocycles. The third-order valence-corrected chi connectivity index (χ3v) is 8.73. The van der Waals surface area contributed by atoms with Crippen LogP contribution in [0.15, 0.2) is 77.7 Å². The Hall–Kier alpha value is -4.05. The summed E-state index contributed by atoms with van der Waals surface area (Å²) in [6.07, 6.45) is 1.64. The van der Waals surface area contributed by atoms with Gasteiger partial charge in [0.05, 0.1) is 24.8 Å². The van der Waals surface area contributed by atoms with Gasteiger partial charge in [0.15, 0.2) is 11.5 Å². The fourth-order valence-corrected chi connectivity index (χ4v) is 6.04. The number of nitrogens with zero attached hydrogens (tertiary/aromatic N) is 2. The van der Waals surface area contributed by atoms with E-state index in [0.717, 1.165) is 21.9 Å². The summed E-state index contributed by atoms with van der Waals surface area (Å²) in [5.74, 6) is -0.110. The van der Waals surface area contributed by atoms with Crippen molar-refractivity contribution in [3.63, 3.8) is 0 Å². The SMILES string of the molecule is CCCNC(=O)C(CC)N(CCc1ccccc1)C(=O)CN(c1ccc(C)cc1)S(=O)(=O)c1ccc(OC)c(OC)c1. The Morgan fingerprint density at radius 1 is 0.905 bits per heavy atom. The molecule has 0 spiro atoms. The summed E-state index contributed by atoms with van der Waals surface area (Å²) in [6.45, 7) is 5.94. The molecule has 42 heavy (non-hydrogen) atoms. The summed E-state index contributed by atoms with van der Waals surface area (Å²) in [7, 11) is -1.35. The van der Waals surface area contributed by atoms with E-state index in [1.807, 2.05) is 51.1 Å². The zero-order valence-electron chi connectivity index (χ0n) is 25.0. The Morgan fingerprint density at radius 2 is 1.57 bits per heavy atom. The number of sulfonamides is 1. The lowest BCUT2D eigenvalue weighted by atomic mass is 10.1. The number of anilines is 1. The number of amides is 2. The van der Waals surface area contributed by atoms with Crippen molar-refractivity contribution in [2.75, 3.05) is 38.2 Å². The second-order valence-corrected chi connectivity index (χ2v) is 11.8. The Kier molecular flexibility index (Phi) is 11.8. The van der Waals surface area contributed by atoms with Gasteiger partial charge < -0.3 is 19.7 Å². The Morgan fingerprint density at radius 3 is 2.17 bits per heavy atom. The van der Waals surface area contributed by atoms with Crippen LogP contribution in [0.25, 0.3) is 0 Å². The van der Waals surface area contributed by atoms with E-state index in [1.54, 1.807) is 24.3 Å². The number of carbonyl (C=O) groups excluding carboxylic acids is 2. The van der Waals surface area contributed by atoms with Gasteiger partial charge in [-0.05, 0) is 56.0 Å². The molecule has 9 nitrogen and oxygen atoms in total. The predicted octanol–water partition coefficient (Wildman–Crippen LogP) is 4.58. The van der Waals surface area contributed by atoms with E-state index in [2.05, 4.69) is 5.32 Å². The van der Waals surface area contributed by atoms with Crippen molar-refractivity contribution in [2.45, 2.75) is 51.0 Å². The molecule has 0 radical (unpaired) electrons. The lowest BCUT2D eigenvalue weighted by molar-refractivity contribution is -0.139. The van der Waals surface area contributed by atoms with E-state index >= 15 is 0 Å². The molecule has 0 aliphatic carbocycles. The van der Waals surface area contributed by atoms with Crippen LogP contribution in [0.2, 0.25) is 0 Å². The predicted molar refractivity (Wildman–Crippen MR) is 164 cm³/mol. The van der Waals surface area contributed by atoms with Gasteiger partial charge in [-0.2, -0.15) is 0 Å². The lowest BCUT2D eigenvalue weighted by Gasteiger charge is -2.33. The van der Waals surface area contributed by atoms with Gasteiger partial charge in [-0.1, -0.05) is 61.9 Å². The maximum Gasteiger partial charge on any atom is 0.264 e. The molecule has 1 unspecified atom stereocenters. The molecule has 0 aromatic heterocycles. The molecule has 1 N–H and O–H groups in total. The van der Waals surface area contributed by atoms with Crippen LogP contribution in [-0.4, -0.2) is 65.0 Å². The van der Waals surface area contributed by atoms with Crippen molar-refractivity contribution in [3.05, 3.63) is 83.9 Å². The topological polar surface area (TPSA) is 105 Å². The van der Waals surface area contributed by atoms with E-state index in [0.29, 0.717) is 30.8 Å². The molecule has 0 saturated heterocycles. The molecule has 0 bridgehead atoms. The maximum atomic E-state index is 14.1. The minimum Gasteiger partial charge on any atom is -0.493 e. The number of carbonyl (C=O) groups is 2. The van der Waals surface area contributed by atoms with Crippen LogP contribution in [-0.2, 0) is 26.0 Å². The molecule has 226 valence electrons. The van der Waals surface area contributed by atoms with Crippen molar-refractivity contribution in [1.29, 1.82) is 0 Å². The molecule has 0 aliphatic heterocycles. The normalized spacial score (nSPS) is 11.8. The smallest absolute Gasteiger partial charge is 0.264 e. The van der Waals surface area contributed by atoms with E-state index in [4.69, 9.17) is 9.47 Å². The average Bonchev–Trinajstić information content (AvgIpc) is 3.01. The molecular weight excluding hydrogens is 554 g/mol. The van der Waals surface area contributed by atoms with Crippen molar-refractivity contribution in [3.8, 4) is 11.5 Å². The van der Waals surface area contributed by atoms with E-state index in [1.165, 1.54) is 37.3 Å². The molecular formula is C32H41N3O6S. The molecule has 3 aromatic carbocycles. The van der Waals surface area contributed by atoms with Crippen LogP contribution in [0.4, 0.5) is 5.69 Å². The third kappa shape index (κ3) is 8.03. The summed E-state index contributed by atoms with van der Waals surface area (Å²) in [6, 6.07) is 20.1. The zero-order chi connectivity index (χ0) is 30.7.